The zero-order valence-corrected chi connectivity index (χ0v) is 11.8. The van der Waals surface area contributed by atoms with Crippen molar-refractivity contribution >= 4 is 0 Å². The van der Waals surface area contributed by atoms with Gasteiger partial charge in [-0.3, -0.25) is 9.88 Å². The van der Waals surface area contributed by atoms with Gasteiger partial charge in [0.25, 0.3) is 0 Å². The van der Waals surface area contributed by atoms with Crippen LogP contribution in [0.3, 0.4) is 0 Å². The van der Waals surface area contributed by atoms with Crippen molar-refractivity contribution in [3.05, 3.63) is 30.1 Å². The van der Waals surface area contributed by atoms with Crippen molar-refractivity contribution in [2.45, 2.75) is 38.9 Å². The molecule has 2 N–H and O–H groups in total. The predicted octanol–water partition coefficient (Wildman–Crippen LogP) is 1.83. The van der Waals surface area contributed by atoms with Crippen molar-refractivity contribution in [3.63, 3.8) is 0 Å². The zero-order chi connectivity index (χ0) is 13.5. The summed E-state index contributed by atoms with van der Waals surface area (Å²) in [4.78, 5) is 6.45. The van der Waals surface area contributed by atoms with Crippen LogP contribution in [0.4, 0.5) is 0 Å². The van der Waals surface area contributed by atoms with E-state index in [0.717, 1.165) is 6.54 Å². The fourth-order valence-corrected chi connectivity index (χ4v) is 2.48. The van der Waals surface area contributed by atoms with Crippen LogP contribution in [0.2, 0.25) is 0 Å². The summed E-state index contributed by atoms with van der Waals surface area (Å²) in [7, 11) is 1.73. The van der Waals surface area contributed by atoms with E-state index in [9.17, 15) is 0 Å². The molecule has 1 rings (SSSR count). The van der Waals surface area contributed by atoms with E-state index in [-0.39, 0.29) is 12.1 Å². The van der Waals surface area contributed by atoms with Gasteiger partial charge in [-0.05, 0) is 38.1 Å². The van der Waals surface area contributed by atoms with Crippen molar-refractivity contribution in [3.8, 4) is 0 Å². The van der Waals surface area contributed by atoms with Gasteiger partial charge in [0.05, 0.1) is 12.6 Å². The van der Waals surface area contributed by atoms with Gasteiger partial charge < -0.3 is 10.5 Å². The minimum absolute atomic E-state index is 0.0617. The first-order valence-electron chi connectivity index (χ1n) is 6.52. The lowest BCUT2D eigenvalue weighted by Gasteiger charge is -2.37. The lowest BCUT2D eigenvalue weighted by atomic mass is 9.99. The molecule has 0 amide bonds. The van der Waals surface area contributed by atoms with E-state index in [1.807, 2.05) is 31.5 Å². The standard InChI is InChI=1S/C14H25N3O/c1-5-17(11(2)10-18-4)14(12(3)15)13-6-8-16-9-7-13/h6-9,11-12,14H,5,10,15H2,1-4H3. The van der Waals surface area contributed by atoms with Crippen LogP contribution in [0, 0.1) is 0 Å². The summed E-state index contributed by atoms with van der Waals surface area (Å²) in [6, 6.07) is 4.67. The summed E-state index contributed by atoms with van der Waals surface area (Å²) in [6.45, 7) is 8.03. The third-order valence-electron chi connectivity index (χ3n) is 3.24. The lowest BCUT2D eigenvalue weighted by Crippen LogP contribution is -2.45. The Morgan fingerprint density at radius 2 is 1.94 bits per heavy atom. The average Bonchev–Trinajstić information content (AvgIpc) is 2.36. The molecule has 1 heterocycles. The normalized spacial score (nSPS) is 16.6. The maximum atomic E-state index is 6.18. The van der Waals surface area contributed by atoms with Crippen LogP contribution in [-0.2, 0) is 4.74 Å². The molecular weight excluding hydrogens is 226 g/mol. The predicted molar refractivity (Wildman–Crippen MR) is 74.3 cm³/mol. The van der Waals surface area contributed by atoms with Crippen molar-refractivity contribution in [2.75, 3.05) is 20.3 Å². The number of hydrogen-bond donors (Lipinski definition) is 1. The van der Waals surface area contributed by atoms with Gasteiger partial charge in [-0.15, -0.1) is 0 Å². The first-order valence-corrected chi connectivity index (χ1v) is 6.52. The van der Waals surface area contributed by atoms with Gasteiger partial charge in [0, 0.05) is 31.6 Å². The summed E-state index contributed by atoms with van der Waals surface area (Å²) in [5.41, 5.74) is 7.39. The molecule has 0 aliphatic heterocycles. The van der Waals surface area contributed by atoms with Gasteiger partial charge >= 0.3 is 0 Å². The molecule has 3 unspecified atom stereocenters. The maximum absolute atomic E-state index is 6.18. The van der Waals surface area contributed by atoms with Gasteiger partial charge in [-0.25, -0.2) is 0 Å². The van der Waals surface area contributed by atoms with Crippen LogP contribution in [0.5, 0.6) is 0 Å². The summed E-state index contributed by atoms with van der Waals surface area (Å²) in [5, 5.41) is 0. The largest absolute Gasteiger partial charge is 0.383 e. The molecule has 102 valence electrons. The Labute approximate surface area is 110 Å². The van der Waals surface area contributed by atoms with E-state index in [4.69, 9.17) is 10.5 Å². The quantitative estimate of drug-likeness (QED) is 0.803. The summed E-state index contributed by atoms with van der Waals surface area (Å²) in [6.07, 6.45) is 3.64. The number of ether oxygens (including phenoxy) is 1. The highest BCUT2D eigenvalue weighted by Crippen LogP contribution is 2.25. The van der Waals surface area contributed by atoms with E-state index in [2.05, 4.69) is 23.7 Å². The molecule has 4 heteroatoms. The molecule has 0 spiro atoms. The zero-order valence-electron chi connectivity index (χ0n) is 11.8. The molecule has 3 atom stereocenters. The number of hydrogen-bond acceptors (Lipinski definition) is 4. The van der Waals surface area contributed by atoms with Crippen LogP contribution in [0.25, 0.3) is 0 Å². The van der Waals surface area contributed by atoms with E-state index >= 15 is 0 Å². The third kappa shape index (κ3) is 3.77. The van der Waals surface area contributed by atoms with Crippen molar-refractivity contribution < 1.29 is 4.74 Å². The number of aromatic nitrogens is 1. The molecule has 0 aliphatic carbocycles. The summed E-state index contributed by atoms with van der Waals surface area (Å²) in [5.74, 6) is 0. The van der Waals surface area contributed by atoms with Crippen LogP contribution in [-0.4, -0.2) is 42.2 Å². The molecule has 1 aromatic rings. The van der Waals surface area contributed by atoms with Gasteiger partial charge in [0.2, 0.25) is 0 Å². The second-order valence-electron chi connectivity index (χ2n) is 4.72. The molecule has 0 bridgehead atoms. The Hall–Kier alpha value is -0.970. The Balaban J connectivity index is 2.96. The maximum Gasteiger partial charge on any atom is 0.0615 e. The molecule has 0 saturated carbocycles. The number of likely N-dealkylation sites (N-methyl/N-ethyl adjacent to an activating group) is 1. The van der Waals surface area contributed by atoms with Crippen molar-refractivity contribution in [2.24, 2.45) is 5.73 Å². The molecule has 4 nitrogen and oxygen atoms in total. The molecule has 18 heavy (non-hydrogen) atoms. The lowest BCUT2D eigenvalue weighted by molar-refractivity contribution is 0.0654. The van der Waals surface area contributed by atoms with E-state index in [0.29, 0.717) is 12.6 Å². The molecule has 0 saturated heterocycles. The second kappa shape index (κ2) is 7.46. The van der Waals surface area contributed by atoms with Gasteiger partial charge in [0.1, 0.15) is 0 Å². The summed E-state index contributed by atoms with van der Waals surface area (Å²) < 4.78 is 5.26. The molecule has 1 aromatic heterocycles. The van der Waals surface area contributed by atoms with Gasteiger partial charge in [0.15, 0.2) is 0 Å². The minimum atomic E-state index is 0.0617. The summed E-state index contributed by atoms with van der Waals surface area (Å²) >= 11 is 0. The Morgan fingerprint density at radius 1 is 1.33 bits per heavy atom. The molecule has 0 fully saturated rings. The van der Waals surface area contributed by atoms with Gasteiger partial charge in [-0.2, -0.15) is 0 Å². The van der Waals surface area contributed by atoms with E-state index in [1.165, 1.54) is 5.56 Å². The van der Waals surface area contributed by atoms with Crippen LogP contribution in [0.1, 0.15) is 32.4 Å². The molecule has 0 aliphatic rings. The number of pyridine rings is 1. The first-order chi connectivity index (χ1) is 8.61. The fourth-order valence-electron chi connectivity index (χ4n) is 2.48. The second-order valence-corrected chi connectivity index (χ2v) is 4.72. The van der Waals surface area contributed by atoms with Crippen LogP contribution in [0.15, 0.2) is 24.5 Å². The minimum Gasteiger partial charge on any atom is -0.383 e. The molecule has 0 aromatic carbocycles. The highest BCUT2D eigenvalue weighted by Gasteiger charge is 2.26. The number of methoxy groups -OCH3 is 1. The average molecular weight is 251 g/mol. The number of rotatable bonds is 7. The Kier molecular flexibility index (Phi) is 6.25. The highest BCUT2D eigenvalue weighted by molar-refractivity contribution is 5.17. The van der Waals surface area contributed by atoms with Gasteiger partial charge in [-0.1, -0.05) is 6.92 Å². The molecular formula is C14H25N3O. The monoisotopic (exact) mass is 251 g/mol. The number of nitrogens with zero attached hydrogens (tertiary/aromatic N) is 2. The smallest absolute Gasteiger partial charge is 0.0615 e. The topological polar surface area (TPSA) is 51.4 Å². The first kappa shape index (κ1) is 15.1. The van der Waals surface area contributed by atoms with Crippen LogP contribution < -0.4 is 5.73 Å². The van der Waals surface area contributed by atoms with E-state index in [1.54, 1.807) is 7.11 Å². The Morgan fingerprint density at radius 3 is 2.39 bits per heavy atom. The van der Waals surface area contributed by atoms with Crippen LogP contribution >= 0.6 is 0 Å². The fraction of sp³-hybridized carbons (Fsp3) is 0.643. The highest BCUT2D eigenvalue weighted by atomic mass is 16.5. The van der Waals surface area contributed by atoms with Crippen molar-refractivity contribution in [1.82, 2.24) is 9.88 Å². The SMILES string of the molecule is CCN(C(C)COC)C(c1ccncc1)C(C)N. The Bertz CT molecular complexity index is 329. The third-order valence-corrected chi connectivity index (χ3v) is 3.24. The molecule has 0 radical (unpaired) electrons. The van der Waals surface area contributed by atoms with E-state index < -0.39 is 0 Å². The van der Waals surface area contributed by atoms with Crippen molar-refractivity contribution in [1.29, 1.82) is 0 Å². The number of nitrogens with two attached hydrogens (primary N) is 1.